The topological polar surface area (TPSA) is 126 Å². The molecule has 0 spiro atoms. The van der Waals surface area contributed by atoms with Gasteiger partial charge in [-0.05, 0) is 6.92 Å². The quantitative estimate of drug-likeness (QED) is 0.558. The first-order chi connectivity index (χ1) is 10.2. The Balaban J connectivity index is 2.00. The standard InChI is InChI=1S/C12H17N5O4/c1-2-13-10-7-11(15-4-14-10)17(5-16-7)12-9(20)8(19)6(3-18)21-12/h4-6,8-9,12,18-20H,2-3H2,1H3,(H,13,14,15). The van der Waals surface area contributed by atoms with Crippen molar-refractivity contribution in [1.82, 2.24) is 19.5 Å². The fourth-order valence-electron chi connectivity index (χ4n) is 2.44. The van der Waals surface area contributed by atoms with Crippen LogP contribution < -0.4 is 5.32 Å². The molecule has 114 valence electrons. The van der Waals surface area contributed by atoms with Crippen LogP contribution in [0.5, 0.6) is 0 Å². The number of hydrogen-bond acceptors (Lipinski definition) is 8. The van der Waals surface area contributed by atoms with Crippen LogP contribution in [0.3, 0.4) is 0 Å². The lowest BCUT2D eigenvalue weighted by Crippen LogP contribution is -2.33. The van der Waals surface area contributed by atoms with Crippen molar-refractivity contribution in [2.75, 3.05) is 18.5 Å². The molecule has 3 heterocycles. The van der Waals surface area contributed by atoms with Crippen molar-refractivity contribution in [3.8, 4) is 0 Å². The van der Waals surface area contributed by atoms with Gasteiger partial charge >= 0.3 is 0 Å². The van der Waals surface area contributed by atoms with E-state index in [2.05, 4.69) is 20.3 Å². The highest BCUT2D eigenvalue weighted by Gasteiger charge is 2.43. The number of anilines is 1. The highest BCUT2D eigenvalue weighted by Crippen LogP contribution is 2.31. The van der Waals surface area contributed by atoms with Crippen LogP contribution in [-0.4, -0.2) is 66.3 Å². The van der Waals surface area contributed by atoms with Crippen molar-refractivity contribution in [2.45, 2.75) is 31.5 Å². The summed E-state index contributed by atoms with van der Waals surface area (Å²) in [5.74, 6) is 0.591. The highest BCUT2D eigenvalue weighted by atomic mass is 16.6. The smallest absolute Gasteiger partial charge is 0.167 e. The van der Waals surface area contributed by atoms with E-state index in [0.717, 1.165) is 0 Å². The van der Waals surface area contributed by atoms with Crippen LogP contribution in [0.15, 0.2) is 12.7 Å². The van der Waals surface area contributed by atoms with Gasteiger partial charge in [-0.25, -0.2) is 15.0 Å². The zero-order chi connectivity index (χ0) is 15.0. The average molecular weight is 295 g/mol. The molecule has 0 aliphatic carbocycles. The predicted octanol–water partition coefficient (Wildman–Crippen LogP) is -1.13. The predicted molar refractivity (Wildman–Crippen MR) is 72.5 cm³/mol. The molecule has 4 N–H and O–H groups in total. The molecule has 3 rings (SSSR count). The maximum absolute atomic E-state index is 10.1. The summed E-state index contributed by atoms with van der Waals surface area (Å²) in [5.41, 5.74) is 1.04. The van der Waals surface area contributed by atoms with Gasteiger partial charge < -0.3 is 25.4 Å². The van der Waals surface area contributed by atoms with Crippen molar-refractivity contribution in [2.24, 2.45) is 0 Å². The van der Waals surface area contributed by atoms with E-state index >= 15 is 0 Å². The second-order valence-corrected chi connectivity index (χ2v) is 4.81. The lowest BCUT2D eigenvalue weighted by atomic mass is 10.1. The van der Waals surface area contributed by atoms with Crippen molar-refractivity contribution >= 4 is 17.0 Å². The summed E-state index contributed by atoms with van der Waals surface area (Å²) in [6, 6.07) is 0. The fourth-order valence-corrected chi connectivity index (χ4v) is 2.44. The van der Waals surface area contributed by atoms with Crippen LogP contribution in [0.2, 0.25) is 0 Å². The molecule has 0 amide bonds. The Morgan fingerprint density at radius 3 is 2.76 bits per heavy atom. The van der Waals surface area contributed by atoms with E-state index in [1.807, 2.05) is 6.92 Å². The maximum atomic E-state index is 10.1. The summed E-state index contributed by atoms with van der Waals surface area (Å²) < 4.78 is 7.01. The molecule has 1 fully saturated rings. The lowest BCUT2D eigenvalue weighted by molar-refractivity contribution is -0.0511. The third-order valence-corrected chi connectivity index (χ3v) is 3.49. The van der Waals surface area contributed by atoms with E-state index in [4.69, 9.17) is 9.84 Å². The molecular formula is C12H17N5O4. The molecule has 2 aromatic heterocycles. The molecule has 1 saturated heterocycles. The Morgan fingerprint density at radius 1 is 1.29 bits per heavy atom. The molecule has 21 heavy (non-hydrogen) atoms. The van der Waals surface area contributed by atoms with Crippen LogP contribution in [0.25, 0.3) is 11.2 Å². The van der Waals surface area contributed by atoms with Gasteiger partial charge in [0, 0.05) is 6.54 Å². The number of hydrogen-bond donors (Lipinski definition) is 4. The number of aromatic nitrogens is 4. The van der Waals surface area contributed by atoms with Crippen LogP contribution in [0, 0.1) is 0 Å². The highest BCUT2D eigenvalue weighted by molar-refractivity contribution is 5.82. The van der Waals surface area contributed by atoms with E-state index in [1.54, 1.807) is 0 Å². The number of nitrogens with zero attached hydrogens (tertiary/aromatic N) is 4. The molecule has 9 nitrogen and oxygen atoms in total. The second kappa shape index (κ2) is 5.53. The maximum Gasteiger partial charge on any atom is 0.167 e. The molecule has 0 bridgehead atoms. The van der Waals surface area contributed by atoms with Gasteiger partial charge in [0.1, 0.15) is 24.6 Å². The lowest BCUT2D eigenvalue weighted by Gasteiger charge is -2.16. The molecule has 1 aliphatic rings. The van der Waals surface area contributed by atoms with Crippen LogP contribution in [0.4, 0.5) is 5.82 Å². The van der Waals surface area contributed by atoms with Crippen molar-refractivity contribution in [3.63, 3.8) is 0 Å². The molecule has 4 unspecified atom stereocenters. The Morgan fingerprint density at radius 2 is 2.10 bits per heavy atom. The van der Waals surface area contributed by atoms with E-state index in [9.17, 15) is 10.2 Å². The summed E-state index contributed by atoms with van der Waals surface area (Å²) >= 11 is 0. The summed E-state index contributed by atoms with van der Waals surface area (Å²) in [6.45, 7) is 2.25. The molecule has 2 aromatic rings. The number of fused-ring (bicyclic) bond motifs is 1. The van der Waals surface area contributed by atoms with Crippen molar-refractivity contribution < 1.29 is 20.1 Å². The molecule has 0 saturated carbocycles. The Hall–Kier alpha value is -1.81. The zero-order valence-electron chi connectivity index (χ0n) is 11.4. The molecular weight excluding hydrogens is 278 g/mol. The molecule has 0 aromatic carbocycles. The van der Waals surface area contributed by atoms with Crippen LogP contribution in [-0.2, 0) is 4.74 Å². The van der Waals surface area contributed by atoms with Gasteiger partial charge in [0.25, 0.3) is 0 Å². The monoisotopic (exact) mass is 295 g/mol. The average Bonchev–Trinajstić information content (AvgIpc) is 3.03. The third kappa shape index (κ3) is 2.23. The molecule has 4 atom stereocenters. The zero-order valence-corrected chi connectivity index (χ0v) is 11.4. The number of aliphatic hydroxyl groups is 3. The normalized spacial score (nSPS) is 29.1. The van der Waals surface area contributed by atoms with Crippen molar-refractivity contribution in [3.05, 3.63) is 12.7 Å². The summed E-state index contributed by atoms with van der Waals surface area (Å²) in [4.78, 5) is 12.5. The Labute approximate surface area is 120 Å². The third-order valence-electron chi connectivity index (χ3n) is 3.49. The molecule has 0 radical (unpaired) electrons. The Kier molecular flexibility index (Phi) is 3.72. The van der Waals surface area contributed by atoms with Crippen LogP contribution in [0.1, 0.15) is 13.2 Å². The number of aliphatic hydroxyl groups excluding tert-OH is 3. The van der Waals surface area contributed by atoms with Crippen molar-refractivity contribution in [1.29, 1.82) is 0 Å². The summed E-state index contributed by atoms with van der Waals surface area (Å²) in [5, 5.41) is 32.1. The van der Waals surface area contributed by atoms with E-state index in [0.29, 0.717) is 23.5 Å². The van der Waals surface area contributed by atoms with E-state index < -0.39 is 24.5 Å². The van der Waals surface area contributed by atoms with Gasteiger partial charge in [-0.1, -0.05) is 0 Å². The minimum atomic E-state index is -1.17. The summed E-state index contributed by atoms with van der Waals surface area (Å²) in [7, 11) is 0. The first kappa shape index (κ1) is 14.1. The van der Waals surface area contributed by atoms with Gasteiger partial charge in [-0.3, -0.25) is 4.57 Å². The van der Waals surface area contributed by atoms with Gasteiger partial charge in [-0.15, -0.1) is 0 Å². The van der Waals surface area contributed by atoms with Crippen LogP contribution >= 0.6 is 0 Å². The van der Waals surface area contributed by atoms with Gasteiger partial charge in [0.2, 0.25) is 0 Å². The van der Waals surface area contributed by atoms with E-state index in [-0.39, 0.29) is 6.61 Å². The number of ether oxygens (including phenoxy) is 1. The number of imidazole rings is 1. The minimum absolute atomic E-state index is 0.376. The van der Waals surface area contributed by atoms with Gasteiger partial charge in [0.15, 0.2) is 23.2 Å². The first-order valence-electron chi connectivity index (χ1n) is 6.71. The first-order valence-corrected chi connectivity index (χ1v) is 6.71. The SMILES string of the molecule is CCNc1ncnc2c1ncn2C1OC(CO)C(O)C1O. The number of rotatable bonds is 4. The second-order valence-electron chi connectivity index (χ2n) is 4.81. The summed E-state index contributed by atoms with van der Waals surface area (Å²) in [6.07, 6.45) is -1.16. The van der Waals surface area contributed by atoms with Gasteiger partial charge in [0.05, 0.1) is 12.9 Å². The van der Waals surface area contributed by atoms with Gasteiger partial charge in [-0.2, -0.15) is 0 Å². The Bertz CT molecular complexity index is 633. The molecule has 1 aliphatic heterocycles. The minimum Gasteiger partial charge on any atom is -0.394 e. The fraction of sp³-hybridized carbons (Fsp3) is 0.583. The van der Waals surface area contributed by atoms with E-state index in [1.165, 1.54) is 17.2 Å². The largest absolute Gasteiger partial charge is 0.394 e. The number of nitrogens with one attached hydrogen (secondary N) is 1. The molecule has 9 heteroatoms.